The van der Waals surface area contributed by atoms with E-state index in [-0.39, 0.29) is 0 Å². The Hall–Kier alpha value is -0.0400. The molecule has 1 heteroatoms. The van der Waals surface area contributed by atoms with E-state index in [4.69, 9.17) is 0 Å². The Labute approximate surface area is 70.6 Å². The Balaban J connectivity index is 1.99. The van der Waals surface area contributed by atoms with Gasteiger partial charge in [0.05, 0.1) is 0 Å². The summed E-state index contributed by atoms with van der Waals surface area (Å²) in [6.07, 6.45) is 5.43. The highest BCUT2D eigenvalue weighted by atomic mass is 14.9. The van der Waals surface area contributed by atoms with E-state index in [2.05, 4.69) is 26.1 Å². The van der Waals surface area contributed by atoms with E-state index in [1.807, 2.05) is 0 Å². The zero-order valence-electron chi connectivity index (χ0n) is 8.11. The van der Waals surface area contributed by atoms with Gasteiger partial charge < -0.3 is 5.32 Å². The van der Waals surface area contributed by atoms with Crippen LogP contribution in [-0.4, -0.2) is 12.6 Å². The fourth-order valence-electron chi connectivity index (χ4n) is 1.08. The van der Waals surface area contributed by atoms with Gasteiger partial charge in [0.25, 0.3) is 0 Å². The molecule has 1 aliphatic rings. The third kappa shape index (κ3) is 3.76. The van der Waals surface area contributed by atoms with Crippen LogP contribution in [0.1, 0.15) is 46.5 Å². The molecular weight excluding hydrogens is 134 g/mol. The van der Waals surface area contributed by atoms with Crippen molar-refractivity contribution in [2.75, 3.05) is 6.54 Å². The second kappa shape index (κ2) is 3.57. The van der Waals surface area contributed by atoms with Crippen LogP contribution in [0.2, 0.25) is 0 Å². The summed E-state index contributed by atoms with van der Waals surface area (Å²) in [5.74, 6) is 0. The molecule has 0 heterocycles. The van der Waals surface area contributed by atoms with Gasteiger partial charge in [-0.3, -0.25) is 0 Å². The third-order valence-corrected chi connectivity index (χ3v) is 2.77. The minimum atomic E-state index is 0.544. The summed E-state index contributed by atoms with van der Waals surface area (Å²) in [4.78, 5) is 0. The summed E-state index contributed by atoms with van der Waals surface area (Å²) >= 11 is 0. The molecule has 1 nitrogen and oxygen atoms in total. The predicted molar refractivity (Wildman–Crippen MR) is 49.7 cm³/mol. The zero-order chi connectivity index (χ0) is 8.32. The topological polar surface area (TPSA) is 12.0 Å². The summed E-state index contributed by atoms with van der Waals surface area (Å²) in [5.41, 5.74) is 0.544. The Bertz CT molecular complexity index is 114. The highest BCUT2D eigenvalue weighted by molar-refractivity contribution is 4.81. The van der Waals surface area contributed by atoms with Crippen LogP contribution in [0.4, 0.5) is 0 Å². The van der Waals surface area contributed by atoms with E-state index in [0.717, 1.165) is 6.04 Å². The van der Waals surface area contributed by atoms with Gasteiger partial charge in [-0.15, -0.1) is 0 Å². The molecule has 1 fully saturated rings. The second-order valence-corrected chi connectivity index (χ2v) is 4.50. The first kappa shape index (κ1) is 9.05. The van der Waals surface area contributed by atoms with Crippen LogP contribution in [-0.2, 0) is 0 Å². The number of rotatable bonds is 5. The molecular formula is C10H21N. The van der Waals surface area contributed by atoms with Gasteiger partial charge >= 0.3 is 0 Å². The summed E-state index contributed by atoms with van der Waals surface area (Å²) in [7, 11) is 0. The van der Waals surface area contributed by atoms with Crippen molar-refractivity contribution >= 4 is 0 Å². The fraction of sp³-hybridized carbons (Fsp3) is 1.00. The molecule has 0 aliphatic heterocycles. The first-order valence-corrected chi connectivity index (χ1v) is 4.87. The van der Waals surface area contributed by atoms with E-state index in [1.165, 1.54) is 32.2 Å². The Kier molecular flexibility index (Phi) is 2.94. The lowest BCUT2D eigenvalue weighted by Gasteiger charge is -2.22. The molecule has 0 aromatic heterocycles. The quantitative estimate of drug-likeness (QED) is 0.643. The SMILES string of the molecule is CCC(C)(C)CCNC1CC1. The Morgan fingerprint density at radius 1 is 1.36 bits per heavy atom. The van der Waals surface area contributed by atoms with Gasteiger partial charge in [0.1, 0.15) is 0 Å². The first-order valence-electron chi connectivity index (χ1n) is 4.87. The third-order valence-electron chi connectivity index (χ3n) is 2.77. The molecule has 0 aromatic carbocycles. The van der Waals surface area contributed by atoms with Crippen molar-refractivity contribution < 1.29 is 0 Å². The van der Waals surface area contributed by atoms with Crippen LogP contribution in [0.5, 0.6) is 0 Å². The predicted octanol–water partition coefficient (Wildman–Crippen LogP) is 2.56. The molecule has 66 valence electrons. The summed E-state index contributed by atoms with van der Waals surface area (Å²) in [6.45, 7) is 8.19. The first-order chi connectivity index (χ1) is 5.14. The molecule has 1 saturated carbocycles. The van der Waals surface area contributed by atoms with Crippen LogP contribution < -0.4 is 5.32 Å². The smallest absolute Gasteiger partial charge is 0.00682 e. The van der Waals surface area contributed by atoms with Crippen molar-refractivity contribution in [3.8, 4) is 0 Å². The molecule has 0 saturated heterocycles. The van der Waals surface area contributed by atoms with Crippen LogP contribution >= 0.6 is 0 Å². The van der Waals surface area contributed by atoms with Gasteiger partial charge in [-0.25, -0.2) is 0 Å². The van der Waals surface area contributed by atoms with E-state index in [0.29, 0.717) is 5.41 Å². The largest absolute Gasteiger partial charge is 0.314 e. The maximum absolute atomic E-state index is 3.55. The van der Waals surface area contributed by atoms with Crippen LogP contribution in [0.15, 0.2) is 0 Å². The van der Waals surface area contributed by atoms with E-state index in [9.17, 15) is 0 Å². The molecule has 0 unspecified atom stereocenters. The van der Waals surface area contributed by atoms with E-state index >= 15 is 0 Å². The van der Waals surface area contributed by atoms with Gasteiger partial charge in [0.2, 0.25) is 0 Å². The molecule has 0 aromatic rings. The van der Waals surface area contributed by atoms with Crippen LogP contribution in [0.3, 0.4) is 0 Å². The maximum Gasteiger partial charge on any atom is 0.00682 e. The highest BCUT2D eigenvalue weighted by Crippen LogP contribution is 2.25. The molecule has 1 rings (SSSR count). The Morgan fingerprint density at radius 2 is 2.00 bits per heavy atom. The lowest BCUT2D eigenvalue weighted by molar-refractivity contribution is 0.315. The average Bonchev–Trinajstić information content (AvgIpc) is 2.71. The van der Waals surface area contributed by atoms with Gasteiger partial charge in [-0.05, 0) is 31.2 Å². The number of hydrogen-bond acceptors (Lipinski definition) is 1. The van der Waals surface area contributed by atoms with Crippen molar-refractivity contribution in [2.45, 2.75) is 52.5 Å². The van der Waals surface area contributed by atoms with Gasteiger partial charge in [0, 0.05) is 6.04 Å². The highest BCUT2D eigenvalue weighted by Gasteiger charge is 2.21. The zero-order valence-corrected chi connectivity index (χ0v) is 8.11. The number of hydrogen-bond donors (Lipinski definition) is 1. The second-order valence-electron chi connectivity index (χ2n) is 4.50. The number of nitrogens with one attached hydrogen (secondary N) is 1. The average molecular weight is 155 g/mol. The molecule has 0 bridgehead atoms. The fourth-order valence-corrected chi connectivity index (χ4v) is 1.08. The van der Waals surface area contributed by atoms with Crippen molar-refractivity contribution in [1.29, 1.82) is 0 Å². The molecule has 0 spiro atoms. The normalized spacial score (nSPS) is 18.8. The lowest BCUT2D eigenvalue weighted by Crippen LogP contribution is -2.23. The van der Waals surface area contributed by atoms with Gasteiger partial charge in [-0.1, -0.05) is 27.2 Å². The van der Waals surface area contributed by atoms with Gasteiger partial charge in [-0.2, -0.15) is 0 Å². The summed E-state index contributed by atoms with van der Waals surface area (Å²) in [6, 6.07) is 0.877. The van der Waals surface area contributed by atoms with Crippen LogP contribution in [0, 0.1) is 5.41 Å². The summed E-state index contributed by atoms with van der Waals surface area (Å²) < 4.78 is 0. The molecule has 1 aliphatic carbocycles. The van der Waals surface area contributed by atoms with Crippen molar-refractivity contribution in [2.24, 2.45) is 5.41 Å². The Morgan fingerprint density at radius 3 is 2.45 bits per heavy atom. The monoisotopic (exact) mass is 155 g/mol. The van der Waals surface area contributed by atoms with Crippen molar-refractivity contribution in [3.63, 3.8) is 0 Å². The molecule has 0 amide bonds. The summed E-state index contributed by atoms with van der Waals surface area (Å²) in [5, 5.41) is 3.55. The molecule has 0 atom stereocenters. The molecule has 11 heavy (non-hydrogen) atoms. The lowest BCUT2D eigenvalue weighted by atomic mass is 9.87. The van der Waals surface area contributed by atoms with Crippen molar-refractivity contribution in [1.82, 2.24) is 5.32 Å². The maximum atomic E-state index is 3.55. The van der Waals surface area contributed by atoms with Crippen molar-refractivity contribution in [3.05, 3.63) is 0 Å². The molecule has 0 radical (unpaired) electrons. The standard InChI is InChI=1S/C10H21N/c1-4-10(2,3)7-8-11-9-5-6-9/h9,11H,4-8H2,1-3H3. The van der Waals surface area contributed by atoms with Crippen LogP contribution in [0.25, 0.3) is 0 Å². The van der Waals surface area contributed by atoms with E-state index in [1.54, 1.807) is 0 Å². The van der Waals surface area contributed by atoms with E-state index < -0.39 is 0 Å². The minimum Gasteiger partial charge on any atom is -0.314 e. The molecule has 1 N–H and O–H groups in total. The van der Waals surface area contributed by atoms with Gasteiger partial charge in [0.15, 0.2) is 0 Å². The minimum absolute atomic E-state index is 0.544.